The van der Waals surface area contributed by atoms with Gasteiger partial charge in [-0.05, 0) is 37.1 Å². The maximum Gasteiger partial charge on any atom is 0.273 e. The highest BCUT2D eigenvalue weighted by Crippen LogP contribution is 2.41. The van der Waals surface area contributed by atoms with E-state index in [2.05, 4.69) is 70.5 Å². The Bertz CT molecular complexity index is 919. The normalized spacial score (nSPS) is 18.5. The highest BCUT2D eigenvalue weighted by atomic mass is 32.1. The molecule has 1 spiro atoms. The zero-order valence-electron chi connectivity index (χ0n) is 17.1. The summed E-state index contributed by atoms with van der Waals surface area (Å²) in [6.45, 7) is 5.03. The lowest BCUT2D eigenvalue weighted by molar-refractivity contribution is -0.0329. The third-order valence-corrected chi connectivity index (χ3v) is 7.34. The molecule has 154 valence electrons. The van der Waals surface area contributed by atoms with E-state index in [1.54, 1.807) is 5.51 Å². The van der Waals surface area contributed by atoms with Gasteiger partial charge in [0.2, 0.25) is 0 Å². The molecule has 2 aliphatic rings. The minimum atomic E-state index is 0.0949. The molecule has 1 aromatic heterocycles. The summed E-state index contributed by atoms with van der Waals surface area (Å²) in [6, 6.07) is 21.7. The van der Waals surface area contributed by atoms with Gasteiger partial charge in [-0.1, -0.05) is 60.7 Å². The zero-order valence-corrected chi connectivity index (χ0v) is 17.9. The van der Waals surface area contributed by atoms with Gasteiger partial charge in [-0.2, -0.15) is 0 Å². The number of nitrogens with zero attached hydrogens (tertiary/aromatic N) is 3. The van der Waals surface area contributed by atoms with Crippen molar-refractivity contribution in [1.29, 1.82) is 0 Å². The first-order valence-corrected chi connectivity index (χ1v) is 11.7. The van der Waals surface area contributed by atoms with Gasteiger partial charge in [0, 0.05) is 36.3 Å². The van der Waals surface area contributed by atoms with Crippen LogP contribution in [0.4, 0.5) is 0 Å². The molecular weight excluding hydrogens is 390 g/mol. The molecule has 0 saturated carbocycles. The van der Waals surface area contributed by atoms with Gasteiger partial charge in [0.15, 0.2) is 0 Å². The van der Waals surface area contributed by atoms with Crippen LogP contribution in [0.1, 0.15) is 40.4 Å². The van der Waals surface area contributed by atoms with E-state index in [1.165, 1.54) is 35.3 Å². The van der Waals surface area contributed by atoms with Crippen molar-refractivity contribution >= 4 is 17.2 Å². The van der Waals surface area contributed by atoms with Gasteiger partial charge < -0.3 is 9.80 Å². The fraction of sp³-hybridized carbons (Fsp3) is 0.360. The first kappa shape index (κ1) is 19.5. The SMILES string of the molecule is O=C(c1cscn1)N1CC2(CCN(CC(c3ccccc3)c3ccccc3)CC2)C1. The van der Waals surface area contributed by atoms with Crippen LogP contribution in [0.25, 0.3) is 0 Å². The van der Waals surface area contributed by atoms with Crippen LogP contribution in [0.3, 0.4) is 0 Å². The van der Waals surface area contributed by atoms with Gasteiger partial charge in [0.25, 0.3) is 5.91 Å². The molecule has 30 heavy (non-hydrogen) atoms. The molecule has 0 N–H and O–H groups in total. The van der Waals surface area contributed by atoms with Crippen molar-refractivity contribution in [2.75, 3.05) is 32.7 Å². The Morgan fingerprint density at radius 2 is 1.57 bits per heavy atom. The van der Waals surface area contributed by atoms with Crippen LogP contribution in [0.5, 0.6) is 0 Å². The number of likely N-dealkylation sites (tertiary alicyclic amines) is 2. The summed E-state index contributed by atoms with van der Waals surface area (Å²) in [5.74, 6) is 0.489. The number of hydrogen-bond acceptors (Lipinski definition) is 4. The molecular formula is C25H27N3OS. The third kappa shape index (κ3) is 3.92. The molecule has 3 heterocycles. The van der Waals surface area contributed by atoms with Gasteiger partial charge in [0.05, 0.1) is 5.51 Å². The largest absolute Gasteiger partial charge is 0.336 e. The molecule has 4 nitrogen and oxygen atoms in total. The number of carbonyl (C=O) groups excluding carboxylic acids is 1. The Hall–Kier alpha value is -2.50. The second-order valence-corrected chi connectivity index (χ2v) is 9.43. The van der Waals surface area contributed by atoms with Crippen molar-refractivity contribution in [2.45, 2.75) is 18.8 Å². The summed E-state index contributed by atoms with van der Waals surface area (Å²) in [5, 5.41) is 1.85. The number of thiazole rings is 1. The summed E-state index contributed by atoms with van der Waals surface area (Å²) in [7, 11) is 0. The van der Waals surface area contributed by atoms with E-state index < -0.39 is 0 Å². The highest BCUT2D eigenvalue weighted by Gasteiger charge is 2.47. The molecule has 0 bridgehead atoms. The highest BCUT2D eigenvalue weighted by molar-refractivity contribution is 7.07. The number of amides is 1. The van der Waals surface area contributed by atoms with Crippen LogP contribution >= 0.6 is 11.3 Å². The lowest BCUT2D eigenvalue weighted by Gasteiger charge is -2.54. The number of piperidine rings is 1. The first-order chi connectivity index (χ1) is 14.7. The van der Waals surface area contributed by atoms with Gasteiger partial charge in [-0.3, -0.25) is 4.79 Å². The van der Waals surface area contributed by atoms with E-state index >= 15 is 0 Å². The topological polar surface area (TPSA) is 36.4 Å². The molecule has 2 aliphatic heterocycles. The predicted molar refractivity (Wildman–Crippen MR) is 121 cm³/mol. The van der Waals surface area contributed by atoms with E-state index in [1.807, 2.05) is 10.3 Å². The van der Waals surface area contributed by atoms with Gasteiger partial charge >= 0.3 is 0 Å². The number of rotatable bonds is 5. The number of benzene rings is 2. The lowest BCUT2D eigenvalue weighted by Crippen LogP contribution is -2.62. The van der Waals surface area contributed by atoms with Crippen LogP contribution in [-0.2, 0) is 0 Å². The second-order valence-electron chi connectivity index (χ2n) is 8.71. The van der Waals surface area contributed by atoms with Crippen LogP contribution in [0.2, 0.25) is 0 Å². The molecule has 5 heteroatoms. The molecule has 3 aromatic rings. The number of aromatic nitrogens is 1. The van der Waals surface area contributed by atoms with E-state index in [9.17, 15) is 4.79 Å². The molecule has 2 saturated heterocycles. The molecule has 5 rings (SSSR count). The second kappa shape index (κ2) is 8.32. The first-order valence-electron chi connectivity index (χ1n) is 10.7. The Balaban J connectivity index is 1.21. The van der Waals surface area contributed by atoms with Gasteiger partial charge in [-0.25, -0.2) is 4.98 Å². The quantitative estimate of drug-likeness (QED) is 0.613. The van der Waals surface area contributed by atoms with E-state index in [0.717, 1.165) is 32.7 Å². The van der Waals surface area contributed by atoms with E-state index in [0.29, 0.717) is 17.0 Å². The Morgan fingerprint density at radius 3 is 2.10 bits per heavy atom. The molecule has 0 aliphatic carbocycles. The van der Waals surface area contributed by atoms with Crippen molar-refractivity contribution in [3.63, 3.8) is 0 Å². The number of hydrogen-bond donors (Lipinski definition) is 0. The smallest absolute Gasteiger partial charge is 0.273 e. The minimum Gasteiger partial charge on any atom is -0.336 e. The lowest BCUT2D eigenvalue weighted by atomic mass is 9.71. The van der Waals surface area contributed by atoms with Crippen molar-refractivity contribution in [1.82, 2.24) is 14.8 Å². The number of carbonyl (C=O) groups is 1. The van der Waals surface area contributed by atoms with E-state index in [4.69, 9.17) is 0 Å². The van der Waals surface area contributed by atoms with Crippen molar-refractivity contribution < 1.29 is 4.79 Å². The summed E-state index contributed by atoms with van der Waals surface area (Å²) < 4.78 is 0. The summed E-state index contributed by atoms with van der Waals surface area (Å²) in [6.07, 6.45) is 2.34. The summed E-state index contributed by atoms with van der Waals surface area (Å²) in [5.41, 5.74) is 5.41. The van der Waals surface area contributed by atoms with Crippen LogP contribution < -0.4 is 0 Å². The monoisotopic (exact) mass is 417 g/mol. The van der Waals surface area contributed by atoms with Crippen molar-refractivity contribution in [3.8, 4) is 0 Å². The maximum atomic E-state index is 12.5. The Kier molecular flexibility index (Phi) is 5.40. The van der Waals surface area contributed by atoms with Crippen molar-refractivity contribution in [2.24, 2.45) is 5.41 Å². The average Bonchev–Trinajstić information content (AvgIpc) is 3.32. The molecule has 0 atom stereocenters. The van der Waals surface area contributed by atoms with Crippen LogP contribution in [0, 0.1) is 5.41 Å². The van der Waals surface area contributed by atoms with E-state index in [-0.39, 0.29) is 5.91 Å². The van der Waals surface area contributed by atoms with Crippen LogP contribution in [0.15, 0.2) is 71.6 Å². The fourth-order valence-corrected chi connectivity index (χ4v) is 5.47. The average molecular weight is 418 g/mol. The molecule has 0 radical (unpaired) electrons. The Morgan fingerprint density at radius 1 is 0.967 bits per heavy atom. The molecule has 1 amide bonds. The molecule has 2 fully saturated rings. The van der Waals surface area contributed by atoms with Gasteiger partial charge in [0.1, 0.15) is 5.69 Å². The summed E-state index contributed by atoms with van der Waals surface area (Å²) in [4.78, 5) is 21.3. The fourth-order valence-electron chi connectivity index (χ4n) is 4.95. The van der Waals surface area contributed by atoms with Crippen LogP contribution in [-0.4, -0.2) is 53.4 Å². The molecule has 2 aromatic carbocycles. The zero-order chi connectivity index (χ0) is 20.4. The Labute approximate surface area is 182 Å². The minimum absolute atomic E-state index is 0.0949. The predicted octanol–water partition coefficient (Wildman–Crippen LogP) is 4.51. The molecule has 0 unspecified atom stereocenters. The third-order valence-electron chi connectivity index (χ3n) is 6.75. The summed E-state index contributed by atoms with van der Waals surface area (Å²) >= 11 is 1.48. The van der Waals surface area contributed by atoms with Gasteiger partial charge in [-0.15, -0.1) is 11.3 Å². The maximum absolute atomic E-state index is 12.5. The van der Waals surface area contributed by atoms with Crippen molar-refractivity contribution in [3.05, 3.63) is 88.4 Å². The standard InChI is InChI=1S/C25H27N3OS/c29-24(23-16-30-19-26-23)28-17-25(18-28)11-13-27(14-12-25)15-22(20-7-3-1-4-8-20)21-9-5-2-6-10-21/h1-10,16,19,22H,11-15,17-18H2.